The molecular weight excluding hydrogens is 408 g/mol. The van der Waals surface area contributed by atoms with Gasteiger partial charge in [-0.25, -0.2) is 0 Å². The molecule has 0 aromatic heterocycles. The number of rotatable bonds is 25. The number of aliphatic hydroxyl groups is 1. The molecule has 0 saturated heterocycles. The lowest BCUT2D eigenvalue weighted by atomic mass is 10.0. The van der Waals surface area contributed by atoms with E-state index < -0.39 is 5.97 Å². The van der Waals surface area contributed by atoms with Crippen molar-refractivity contribution in [1.29, 1.82) is 0 Å². The lowest BCUT2D eigenvalue weighted by molar-refractivity contribution is -0.137. The van der Waals surface area contributed by atoms with Gasteiger partial charge in [0.15, 0.2) is 0 Å². The minimum Gasteiger partial charge on any atom is -0.481 e. The molecule has 0 aliphatic rings. The van der Waals surface area contributed by atoms with Crippen molar-refractivity contribution in [2.24, 2.45) is 0 Å². The molecule has 0 fully saturated rings. The van der Waals surface area contributed by atoms with Crippen molar-refractivity contribution < 1.29 is 15.0 Å². The van der Waals surface area contributed by atoms with Crippen molar-refractivity contribution in [2.45, 2.75) is 187 Å². The summed E-state index contributed by atoms with van der Waals surface area (Å²) in [7, 11) is 0. The van der Waals surface area contributed by atoms with Gasteiger partial charge in [-0.3, -0.25) is 4.79 Å². The maximum Gasteiger partial charge on any atom is 0.303 e. The van der Waals surface area contributed by atoms with Crippen LogP contribution in [0.4, 0.5) is 0 Å². The van der Waals surface area contributed by atoms with Crippen LogP contribution in [0.1, 0.15) is 181 Å². The first-order valence-electron chi connectivity index (χ1n) is 15.0. The highest BCUT2D eigenvalue weighted by Gasteiger charge is 2.03. The first-order chi connectivity index (χ1) is 16.1. The van der Waals surface area contributed by atoms with E-state index in [-0.39, 0.29) is 6.10 Å². The molecule has 0 saturated carbocycles. The average Bonchev–Trinajstić information content (AvgIpc) is 2.80. The lowest BCUT2D eigenvalue weighted by Crippen LogP contribution is -2.05. The Morgan fingerprint density at radius 1 is 0.485 bits per heavy atom. The maximum absolute atomic E-state index is 10.3. The highest BCUT2D eigenvalue weighted by atomic mass is 16.4. The number of carboxylic acids is 1. The average molecular weight is 471 g/mol. The zero-order valence-corrected chi connectivity index (χ0v) is 23.1. The van der Waals surface area contributed by atoms with Crippen molar-refractivity contribution in [3.63, 3.8) is 0 Å². The van der Waals surface area contributed by atoms with E-state index in [1.165, 1.54) is 128 Å². The molecule has 0 heterocycles. The van der Waals surface area contributed by atoms with E-state index in [4.69, 9.17) is 5.11 Å². The Bertz CT molecular complexity index is 356. The quantitative estimate of drug-likeness (QED) is 0.130. The van der Waals surface area contributed by atoms with Gasteiger partial charge in [-0.05, 0) is 19.3 Å². The van der Waals surface area contributed by atoms with Crippen LogP contribution in [0, 0.1) is 0 Å². The minimum absolute atomic E-state index is 0.0255. The summed E-state index contributed by atoms with van der Waals surface area (Å²) in [6.45, 7) is 6.74. The maximum atomic E-state index is 10.3. The van der Waals surface area contributed by atoms with Gasteiger partial charge < -0.3 is 10.2 Å². The van der Waals surface area contributed by atoms with Crippen LogP contribution in [0.3, 0.4) is 0 Å². The molecule has 3 heteroatoms. The molecule has 2 N–H and O–H groups in total. The van der Waals surface area contributed by atoms with Crippen LogP contribution >= 0.6 is 0 Å². The molecule has 0 bridgehead atoms. The van der Waals surface area contributed by atoms with E-state index >= 15 is 0 Å². The Labute approximate surface area is 208 Å². The summed E-state index contributed by atoms with van der Waals surface area (Å²) >= 11 is 0. The number of carbonyl (C=O) groups is 1. The summed E-state index contributed by atoms with van der Waals surface area (Å²) < 4.78 is 0. The van der Waals surface area contributed by atoms with Crippen LogP contribution < -0.4 is 0 Å². The minimum atomic E-state index is -0.657. The SMILES string of the molecule is CCCCCCCCCC(O)CCCCCC.CCCCCCCCCCCCCC(=O)O. The molecular formula is C30H62O3. The first-order valence-corrected chi connectivity index (χ1v) is 15.0. The van der Waals surface area contributed by atoms with Gasteiger partial charge in [0, 0.05) is 6.42 Å². The zero-order chi connectivity index (χ0) is 24.8. The number of aliphatic carboxylic acids is 1. The number of carboxylic acid groups (broad SMARTS) is 1. The van der Waals surface area contributed by atoms with E-state index in [0.717, 1.165) is 25.7 Å². The van der Waals surface area contributed by atoms with Crippen molar-refractivity contribution in [2.75, 3.05) is 0 Å². The Kier molecular flexibility index (Phi) is 33.0. The van der Waals surface area contributed by atoms with Crippen LogP contribution in [0.15, 0.2) is 0 Å². The second kappa shape index (κ2) is 31.4. The standard InChI is InChI=1S/C16H34O.C14H28O2/c1-3-5-7-9-10-11-13-15-16(17)14-12-8-6-4-2;1-2-3-4-5-6-7-8-9-10-11-12-13-14(15)16/h16-17H,3-15H2,1-2H3;2-13H2,1H3,(H,15,16). The fraction of sp³-hybridized carbons (Fsp3) is 0.967. The number of unbranched alkanes of at least 4 members (excludes halogenated alkanes) is 19. The molecule has 0 aliphatic heterocycles. The monoisotopic (exact) mass is 470 g/mol. The highest BCUT2D eigenvalue weighted by molar-refractivity contribution is 5.66. The van der Waals surface area contributed by atoms with Crippen LogP contribution in [-0.2, 0) is 4.79 Å². The van der Waals surface area contributed by atoms with Crippen molar-refractivity contribution in [3.05, 3.63) is 0 Å². The molecule has 0 spiro atoms. The molecule has 0 amide bonds. The molecule has 0 aliphatic carbocycles. The predicted molar refractivity (Wildman–Crippen MR) is 146 cm³/mol. The van der Waals surface area contributed by atoms with E-state index in [1.807, 2.05) is 0 Å². The van der Waals surface area contributed by atoms with E-state index in [2.05, 4.69) is 20.8 Å². The van der Waals surface area contributed by atoms with Gasteiger partial charge in [0.25, 0.3) is 0 Å². The third-order valence-corrected chi connectivity index (χ3v) is 6.53. The van der Waals surface area contributed by atoms with Crippen LogP contribution in [0.25, 0.3) is 0 Å². The number of hydrogen-bond acceptors (Lipinski definition) is 2. The summed E-state index contributed by atoms with van der Waals surface area (Å²) in [4.78, 5) is 10.3. The van der Waals surface area contributed by atoms with E-state index in [9.17, 15) is 9.90 Å². The van der Waals surface area contributed by atoms with Gasteiger partial charge >= 0.3 is 5.97 Å². The van der Waals surface area contributed by atoms with E-state index in [1.54, 1.807) is 0 Å². The van der Waals surface area contributed by atoms with Crippen LogP contribution in [0.2, 0.25) is 0 Å². The third kappa shape index (κ3) is 36.2. The summed E-state index contributed by atoms with van der Waals surface area (Å²) in [5, 5.41) is 18.2. The number of aliphatic hydroxyl groups excluding tert-OH is 1. The van der Waals surface area contributed by atoms with Crippen LogP contribution in [0.5, 0.6) is 0 Å². The summed E-state index contributed by atoms with van der Waals surface area (Å²) in [5.41, 5.74) is 0. The Hall–Kier alpha value is -0.570. The summed E-state index contributed by atoms with van der Waals surface area (Å²) in [6.07, 6.45) is 30.9. The first kappa shape index (κ1) is 34.6. The fourth-order valence-electron chi connectivity index (χ4n) is 4.23. The summed E-state index contributed by atoms with van der Waals surface area (Å²) in [6, 6.07) is 0. The Morgan fingerprint density at radius 2 is 0.758 bits per heavy atom. The normalized spacial score (nSPS) is 11.8. The topological polar surface area (TPSA) is 57.5 Å². The van der Waals surface area contributed by atoms with Gasteiger partial charge in [0.05, 0.1) is 6.10 Å². The van der Waals surface area contributed by atoms with Gasteiger partial charge in [0.1, 0.15) is 0 Å². The molecule has 1 unspecified atom stereocenters. The second-order valence-electron chi connectivity index (χ2n) is 10.1. The Balaban J connectivity index is 0. The zero-order valence-electron chi connectivity index (χ0n) is 23.1. The second-order valence-corrected chi connectivity index (χ2v) is 10.1. The fourth-order valence-corrected chi connectivity index (χ4v) is 4.23. The van der Waals surface area contributed by atoms with Crippen molar-refractivity contribution >= 4 is 5.97 Å². The predicted octanol–water partition coefficient (Wildman–Crippen LogP) is 10.2. The van der Waals surface area contributed by atoms with Crippen molar-refractivity contribution in [1.82, 2.24) is 0 Å². The molecule has 3 nitrogen and oxygen atoms in total. The van der Waals surface area contributed by atoms with Gasteiger partial charge in [-0.2, -0.15) is 0 Å². The molecule has 0 aromatic carbocycles. The lowest BCUT2D eigenvalue weighted by Gasteiger charge is -2.09. The van der Waals surface area contributed by atoms with Crippen molar-refractivity contribution in [3.8, 4) is 0 Å². The summed E-state index contributed by atoms with van der Waals surface area (Å²) in [5.74, 6) is -0.657. The smallest absolute Gasteiger partial charge is 0.303 e. The largest absolute Gasteiger partial charge is 0.481 e. The molecule has 1 atom stereocenters. The highest BCUT2D eigenvalue weighted by Crippen LogP contribution is 2.14. The van der Waals surface area contributed by atoms with Gasteiger partial charge in [-0.1, -0.05) is 156 Å². The third-order valence-electron chi connectivity index (χ3n) is 6.53. The van der Waals surface area contributed by atoms with Crippen LogP contribution in [-0.4, -0.2) is 22.3 Å². The van der Waals surface area contributed by atoms with Gasteiger partial charge in [0.2, 0.25) is 0 Å². The van der Waals surface area contributed by atoms with E-state index in [0.29, 0.717) is 6.42 Å². The molecule has 0 aromatic rings. The molecule has 0 rings (SSSR count). The molecule has 33 heavy (non-hydrogen) atoms. The Morgan fingerprint density at radius 3 is 1.09 bits per heavy atom. The van der Waals surface area contributed by atoms with Gasteiger partial charge in [-0.15, -0.1) is 0 Å². The number of hydrogen-bond donors (Lipinski definition) is 2. The molecule has 0 radical (unpaired) electrons. The molecule has 200 valence electrons.